The van der Waals surface area contributed by atoms with Gasteiger partial charge in [-0.1, -0.05) is 105 Å². The van der Waals surface area contributed by atoms with Crippen molar-refractivity contribution in [1.82, 2.24) is 0 Å². The molecule has 0 fully saturated rings. The third-order valence-corrected chi connectivity index (χ3v) is 3.34. The Kier molecular flexibility index (Phi) is 19.1. The number of terminal acetylenes is 1. The van der Waals surface area contributed by atoms with Gasteiger partial charge in [-0.15, -0.1) is 6.42 Å². The topological polar surface area (TPSA) is 0 Å². The van der Waals surface area contributed by atoms with Gasteiger partial charge < -0.3 is 0 Å². The zero-order valence-corrected chi connectivity index (χ0v) is 19.2. The Labute approximate surface area is 178 Å². The van der Waals surface area contributed by atoms with E-state index in [2.05, 4.69) is 25.0 Å². The van der Waals surface area contributed by atoms with Gasteiger partial charge in [-0.2, -0.15) is 0 Å². The molecule has 3 aromatic carbocycles. The maximum atomic E-state index is 5.64. The number of benzene rings is 3. The second kappa shape index (κ2) is 19.3. The fourth-order valence-corrected chi connectivity index (χ4v) is 2.12. The molecule has 3 rings (SSSR count). The van der Waals surface area contributed by atoms with Gasteiger partial charge in [0.15, 0.2) is 0 Å². The van der Waals surface area contributed by atoms with E-state index in [-0.39, 0.29) is 0 Å². The van der Waals surface area contributed by atoms with Crippen LogP contribution in [-0.2, 0) is 0 Å². The lowest BCUT2D eigenvalue weighted by molar-refractivity contribution is 1.46. The molecule has 3 aromatic rings. The normalized spacial score (nSPS) is 7.96. The van der Waals surface area contributed by atoms with Crippen LogP contribution in [0.25, 0.3) is 0 Å². The molecule has 0 unspecified atom stereocenters. The van der Waals surface area contributed by atoms with Crippen molar-refractivity contribution in [2.24, 2.45) is 0 Å². The second-order valence-electron chi connectivity index (χ2n) is 5.47. The zero-order chi connectivity index (χ0) is 21.8. The van der Waals surface area contributed by atoms with Crippen molar-refractivity contribution < 1.29 is 0 Å². The van der Waals surface area contributed by atoms with Crippen molar-refractivity contribution in [3.8, 4) is 12.3 Å². The second-order valence-corrected chi connectivity index (χ2v) is 5.90. The Balaban J connectivity index is 0. The molecule has 0 aliphatic carbocycles. The smallest absolute Gasteiger partial charge is 0.0408 e. The molecule has 0 saturated carbocycles. The van der Waals surface area contributed by atoms with Crippen molar-refractivity contribution in [1.29, 1.82) is 0 Å². The van der Waals surface area contributed by atoms with Crippen LogP contribution in [0.15, 0.2) is 78.9 Å². The maximum Gasteiger partial charge on any atom is 0.0408 e. The maximum absolute atomic E-state index is 5.64. The van der Waals surface area contributed by atoms with E-state index in [0.717, 1.165) is 10.6 Å². The molecule has 0 spiro atoms. The predicted molar refractivity (Wildman–Crippen MR) is 129 cm³/mol. The molecule has 0 aliphatic heterocycles. The van der Waals surface area contributed by atoms with Gasteiger partial charge >= 0.3 is 0 Å². The highest BCUT2D eigenvalue weighted by molar-refractivity contribution is 6.30. The molecule has 0 nitrogen and oxygen atoms in total. The van der Waals surface area contributed by atoms with Crippen LogP contribution in [0.1, 0.15) is 49.9 Å². The highest BCUT2D eigenvalue weighted by atomic mass is 35.5. The van der Waals surface area contributed by atoms with Gasteiger partial charge in [0.05, 0.1) is 0 Å². The van der Waals surface area contributed by atoms with E-state index >= 15 is 0 Å². The summed E-state index contributed by atoms with van der Waals surface area (Å²) in [6.07, 6.45) is 5.17. The first-order valence-electron chi connectivity index (χ1n) is 9.78. The van der Waals surface area contributed by atoms with Gasteiger partial charge in [-0.3, -0.25) is 0 Å². The molecule has 0 aromatic heterocycles. The first-order valence-corrected chi connectivity index (χ1v) is 10.2. The molecule has 0 saturated heterocycles. The van der Waals surface area contributed by atoms with Gasteiger partial charge in [0.1, 0.15) is 0 Å². The van der Waals surface area contributed by atoms with Crippen molar-refractivity contribution in [2.75, 3.05) is 0 Å². The van der Waals surface area contributed by atoms with Crippen LogP contribution in [0.5, 0.6) is 0 Å². The summed E-state index contributed by atoms with van der Waals surface area (Å²) in [5.41, 5.74) is 4.69. The standard InChI is InChI=1S/C9H8.C7H7Cl.C7H8.2C2H6/c1-3-9-6-4-5-8(2)7-9;1-6-3-2-4-7(8)5-6;1-7-5-3-2-4-6-7;2*1-2/h1,4-7H,2H3;2-5H,1H3;2-6H,1H3;2*1-2H3. The summed E-state index contributed by atoms with van der Waals surface area (Å²) < 4.78 is 0. The molecule has 150 valence electrons. The lowest BCUT2D eigenvalue weighted by atomic mass is 10.1. The van der Waals surface area contributed by atoms with E-state index in [0.29, 0.717) is 0 Å². The van der Waals surface area contributed by atoms with Crippen molar-refractivity contribution in [2.45, 2.75) is 48.5 Å². The quantitative estimate of drug-likeness (QED) is 0.334. The third-order valence-electron chi connectivity index (χ3n) is 3.11. The molecule has 0 bridgehead atoms. The Morgan fingerprint density at radius 3 is 1.36 bits per heavy atom. The molecule has 0 heterocycles. The van der Waals surface area contributed by atoms with E-state index in [1.165, 1.54) is 16.7 Å². The third kappa shape index (κ3) is 15.7. The van der Waals surface area contributed by atoms with Crippen LogP contribution in [0.3, 0.4) is 0 Å². The summed E-state index contributed by atoms with van der Waals surface area (Å²) in [5, 5.41) is 0.810. The molecule has 0 N–H and O–H groups in total. The van der Waals surface area contributed by atoms with Crippen molar-refractivity contribution in [3.05, 3.63) is 106 Å². The minimum atomic E-state index is 0.810. The van der Waals surface area contributed by atoms with Crippen molar-refractivity contribution >= 4 is 11.6 Å². The summed E-state index contributed by atoms with van der Waals surface area (Å²) in [4.78, 5) is 0. The summed E-state index contributed by atoms with van der Waals surface area (Å²) in [6, 6.07) is 25.9. The number of hydrogen-bond acceptors (Lipinski definition) is 0. The van der Waals surface area contributed by atoms with Crippen LogP contribution in [-0.4, -0.2) is 0 Å². The predicted octanol–water partition coefficient (Wildman–Crippen LogP) is 8.67. The van der Waals surface area contributed by atoms with E-state index in [9.17, 15) is 0 Å². The first-order chi connectivity index (χ1) is 13.5. The van der Waals surface area contributed by atoms with Crippen molar-refractivity contribution in [3.63, 3.8) is 0 Å². The Hall–Kier alpha value is -2.49. The van der Waals surface area contributed by atoms with Crippen LogP contribution in [0.4, 0.5) is 0 Å². The van der Waals surface area contributed by atoms with Gasteiger partial charge in [-0.05, 0) is 56.2 Å². The minimum Gasteiger partial charge on any atom is -0.115 e. The van der Waals surface area contributed by atoms with Crippen LogP contribution in [0, 0.1) is 33.1 Å². The minimum absolute atomic E-state index is 0.810. The molecule has 0 aliphatic rings. The fraction of sp³-hybridized carbons (Fsp3) is 0.259. The number of rotatable bonds is 0. The van der Waals surface area contributed by atoms with E-state index in [1.807, 2.05) is 108 Å². The van der Waals surface area contributed by atoms with Crippen LogP contribution < -0.4 is 0 Å². The molecule has 28 heavy (non-hydrogen) atoms. The molecule has 0 radical (unpaired) electrons. The average molecular weight is 395 g/mol. The largest absolute Gasteiger partial charge is 0.115 e. The monoisotopic (exact) mass is 394 g/mol. The van der Waals surface area contributed by atoms with E-state index in [1.54, 1.807) is 0 Å². The van der Waals surface area contributed by atoms with Crippen LogP contribution in [0.2, 0.25) is 5.02 Å². The number of aryl methyl sites for hydroxylation is 3. The Bertz CT molecular complexity index is 750. The molecule has 1 heteroatoms. The van der Waals surface area contributed by atoms with Crippen LogP contribution >= 0.6 is 11.6 Å². The summed E-state index contributed by atoms with van der Waals surface area (Å²) in [6.45, 7) is 14.1. The van der Waals surface area contributed by atoms with Gasteiger partial charge in [0.25, 0.3) is 0 Å². The molecule has 0 amide bonds. The molecule has 0 atom stereocenters. The highest BCUT2D eigenvalue weighted by Crippen LogP contribution is 2.08. The number of hydrogen-bond donors (Lipinski definition) is 0. The number of halogens is 1. The summed E-state index contributed by atoms with van der Waals surface area (Å²) in [7, 11) is 0. The van der Waals surface area contributed by atoms with Gasteiger partial charge in [0, 0.05) is 10.6 Å². The lowest BCUT2D eigenvalue weighted by Crippen LogP contribution is -1.73. The van der Waals surface area contributed by atoms with Gasteiger partial charge in [-0.25, -0.2) is 0 Å². The van der Waals surface area contributed by atoms with E-state index < -0.39 is 0 Å². The summed E-state index contributed by atoms with van der Waals surface area (Å²) >= 11 is 5.64. The fourth-order valence-electron chi connectivity index (χ4n) is 1.87. The Morgan fingerprint density at radius 1 is 0.607 bits per heavy atom. The first kappa shape index (κ1) is 27.7. The van der Waals surface area contributed by atoms with Gasteiger partial charge in [0.2, 0.25) is 0 Å². The molecular formula is C27H35Cl. The zero-order valence-electron chi connectivity index (χ0n) is 18.5. The average Bonchev–Trinajstić information content (AvgIpc) is 2.72. The Morgan fingerprint density at radius 2 is 1.07 bits per heavy atom. The molecular weight excluding hydrogens is 360 g/mol. The summed E-state index contributed by atoms with van der Waals surface area (Å²) in [5.74, 6) is 2.57. The lowest BCUT2D eigenvalue weighted by Gasteiger charge is -1.90. The van der Waals surface area contributed by atoms with E-state index in [4.69, 9.17) is 18.0 Å². The SMILES string of the molecule is C#Cc1cccc(C)c1.CC.CC.Cc1cccc(Cl)c1.Cc1ccccc1. The highest BCUT2D eigenvalue weighted by Gasteiger charge is 1.84.